The van der Waals surface area contributed by atoms with Gasteiger partial charge in [0.2, 0.25) is 5.95 Å². The van der Waals surface area contributed by atoms with E-state index in [1.165, 1.54) is 17.3 Å². The van der Waals surface area contributed by atoms with Crippen molar-refractivity contribution in [2.24, 2.45) is 0 Å². The van der Waals surface area contributed by atoms with Crippen molar-refractivity contribution in [2.75, 3.05) is 11.5 Å². The Morgan fingerprint density at radius 3 is 2.69 bits per heavy atom. The molecule has 0 atom stereocenters. The van der Waals surface area contributed by atoms with Crippen LogP contribution in [-0.2, 0) is 0 Å². The van der Waals surface area contributed by atoms with Crippen molar-refractivity contribution in [2.45, 2.75) is 0 Å². The Labute approximate surface area is 73.4 Å². The van der Waals surface area contributed by atoms with Gasteiger partial charge in [-0.15, -0.1) is 0 Å². The molecule has 0 saturated heterocycles. The van der Waals surface area contributed by atoms with Crippen molar-refractivity contribution in [3.05, 3.63) is 18.7 Å². The van der Waals surface area contributed by atoms with Gasteiger partial charge in [0, 0.05) is 6.07 Å². The molecule has 0 aliphatic rings. The highest BCUT2D eigenvalue weighted by atomic mass is 15.3. The predicted octanol–water partition coefficient (Wildman–Crippen LogP) is -0.778. The summed E-state index contributed by atoms with van der Waals surface area (Å²) in [5.74, 6) is 0.922. The molecule has 0 aliphatic carbocycles. The molecule has 0 bridgehead atoms. The lowest BCUT2D eigenvalue weighted by atomic mass is 10.5. The van der Waals surface area contributed by atoms with Crippen LogP contribution in [0.5, 0.6) is 0 Å². The summed E-state index contributed by atoms with van der Waals surface area (Å²) >= 11 is 0. The maximum absolute atomic E-state index is 5.47. The average Bonchev–Trinajstić information content (AvgIpc) is 2.53. The highest BCUT2D eigenvalue weighted by Crippen LogP contribution is 2.06. The van der Waals surface area contributed by atoms with Gasteiger partial charge in [0.15, 0.2) is 5.82 Å². The smallest absolute Gasteiger partial charge is 0.224 e. The third kappa shape index (κ3) is 1.39. The van der Waals surface area contributed by atoms with E-state index in [0.29, 0.717) is 11.6 Å². The minimum absolute atomic E-state index is 0.116. The lowest BCUT2D eigenvalue weighted by Gasteiger charge is -2.00. The summed E-state index contributed by atoms with van der Waals surface area (Å²) in [5, 5.41) is 3.87. The lowest BCUT2D eigenvalue weighted by Crippen LogP contribution is -2.05. The van der Waals surface area contributed by atoms with Crippen molar-refractivity contribution >= 4 is 11.8 Å². The quantitative estimate of drug-likeness (QED) is 0.591. The molecule has 0 spiro atoms. The number of nitrogens with zero attached hydrogens (tertiary/aromatic N) is 5. The van der Waals surface area contributed by atoms with Crippen LogP contribution in [0.3, 0.4) is 0 Å². The van der Waals surface area contributed by atoms with Gasteiger partial charge in [-0.25, -0.2) is 9.67 Å². The largest absolute Gasteiger partial charge is 0.383 e. The average molecular weight is 177 g/mol. The monoisotopic (exact) mass is 177 g/mol. The molecule has 0 radical (unpaired) electrons. The third-order valence-corrected chi connectivity index (χ3v) is 1.40. The number of anilines is 2. The first-order chi connectivity index (χ1) is 6.25. The number of hydrogen-bond donors (Lipinski definition) is 2. The minimum Gasteiger partial charge on any atom is -0.383 e. The summed E-state index contributed by atoms with van der Waals surface area (Å²) in [7, 11) is 0. The minimum atomic E-state index is 0.116. The Bertz CT molecular complexity index is 387. The van der Waals surface area contributed by atoms with Crippen molar-refractivity contribution in [1.29, 1.82) is 0 Å². The van der Waals surface area contributed by atoms with E-state index >= 15 is 0 Å². The van der Waals surface area contributed by atoms with Crippen LogP contribution in [-0.4, -0.2) is 24.7 Å². The summed E-state index contributed by atoms with van der Waals surface area (Å²) in [6.07, 6.45) is 2.90. The van der Waals surface area contributed by atoms with Gasteiger partial charge in [-0.1, -0.05) is 0 Å². The van der Waals surface area contributed by atoms with Crippen LogP contribution >= 0.6 is 0 Å². The highest BCUT2D eigenvalue weighted by Gasteiger charge is 2.01. The summed E-state index contributed by atoms with van der Waals surface area (Å²) < 4.78 is 1.45. The fraction of sp³-hybridized carbons (Fsp3) is 0. The normalized spacial score (nSPS) is 10.2. The first kappa shape index (κ1) is 7.47. The molecular formula is C6H7N7. The SMILES string of the molecule is Nc1cc(-n2cncn2)nc(N)n1. The van der Waals surface area contributed by atoms with Crippen LogP contribution in [0.1, 0.15) is 0 Å². The van der Waals surface area contributed by atoms with Gasteiger partial charge in [0.25, 0.3) is 0 Å². The second-order valence-corrected chi connectivity index (χ2v) is 2.35. The number of rotatable bonds is 1. The summed E-state index contributed by atoms with van der Waals surface area (Å²) in [6, 6.07) is 1.56. The summed E-state index contributed by atoms with van der Waals surface area (Å²) in [4.78, 5) is 11.4. The number of aromatic nitrogens is 5. The number of nitrogen functional groups attached to an aromatic ring is 2. The van der Waals surface area contributed by atoms with Crippen LogP contribution in [0.4, 0.5) is 11.8 Å². The molecule has 0 unspecified atom stereocenters. The van der Waals surface area contributed by atoms with Crippen LogP contribution in [0.15, 0.2) is 18.7 Å². The fourth-order valence-corrected chi connectivity index (χ4v) is 0.915. The first-order valence-corrected chi connectivity index (χ1v) is 3.51. The fourth-order valence-electron chi connectivity index (χ4n) is 0.915. The van der Waals surface area contributed by atoms with Crippen molar-refractivity contribution in [3.63, 3.8) is 0 Å². The zero-order valence-corrected chi connectivity index (χ0v) is 6.62. The topological polar surface area (TPSA) is 109 Å². The van der Waals surface area contributed by atoms with E-state index in [1.807, 2.05) is 0 Å². The molecule has 0 fully saturated rings. The lowest BCUT2D eigenvalue weighted by molar-refractivity contribution is 0.842. The molecule has 7 heteroatoms. The molecule has 2 aromatic heterocycles. The van der Waals surface area contributed by atoms with Gasteiger partial charge in [0.1, 0.15) is 18.5 Å². The van der Waals surface area contributed by atoms with E-state index in [0.717, 1.165) is 0 Å². The van der Waals surface area contributed by atoms with Crippen molar-refractivity contribution in [3.8, 4) is 5.82 Å². The van der Waals surface area contributed by atoms with Gasteiger partial charge >= 0.3 is 0 Å². The van der Waals surface area contributed by atoms with Crippen LogP contribution < -0.4 is 11.5 Å². The maximum atomic E-state index is 5.47. The molecule has 2 heterocycles. The Morgan fingerprint density at radius 2 is 2.08 bits per heavy atom. The van der Waals surface area contributed by atoms with Gasteiger partial charge in [0.05, 0.1) is 0 Å². The summed E-state index contributed by atoms with van der Waals surface area (Å²) in [6.45, 7) is 0. The van der Waals surface area contributed by atoms with Crippen molar-refractivity contribution in [1.82, 2.24) is 24.7 Å². The number of hydrogen-bond acceptors (Lipinski definition) is 6. The Kier molecular flexibility index (Phi) is 1.55. The Morgan fingerprint density at radius 1 is 1.23 bits per heavy atom. The molecule has 7 nitrogen and oxygen atoms in total. The van der Waals surface area contributed by atoms with E-state index in [9.17, 15) is 0 Å². The predicted molar refractivity (Wildman–Crippen MR) is 45.8 cm³/mol. The van der Waals surface area contributed by atoms with Gasteiger partial charge in [-0.05, 0) is 0 Å². The molecule has 13 heavy (non-hydrogen) atoms. The molecule has 2 aromatic rings. The van der Waals surface area contributed by atoms with E-state index in [4.69, 9.17) is 11.5 Å². The standard InChI is InChI=1S/C6H7N7/c7-4-1-5(12-6(8)11-4)13-3-9-2-10-13/h1-3H,(H4,7,8,11,12). The zero-order chi connectivity index (χ0) is 9.26. The third-order valence-electron chi connectivity index (χ3n) is 1.40. The van der Waals surface area contributed by atoms with Crippen LogP contribution in [0, 0.1) is 0 Å². The van der Waals surface area contributed by atoms with E-state index in [-0.39, 0.29) is 5.95 Å². The molecular weight excluding hydrogens is 170 g/mol. The molecule has 0 amide bonds. The van der Waals surface area contributed by atoms with Gasteiger partial charge in [-0.2, -0.15) is 15.1 Å². The molecule has 0 aliphatic heterocycles. The second kappa shape index (κ2) is 2.70. The van der Waals surface area contributed by atoms with Gasteiger partial charge in [-0.3, -0.25) is 0 Å². The van der Waals surface area contributed by atoms with Crippen LogP contribution in [0.2, 0.25) is 0 Å². The first-order valence-electron chi connectivity index (χ1n) is 3.51. The maximum Gasteiger partial charge on any atom is 0.224 e. The Balaban J connectivity index is 2.53. The van der Waals surface area contributed by atoms with Crippen molar-refractivity contribution < 1.29 is 0 Å². The van der Waals surface area contributed by atoms with E-state index in [2.05, 4.69) is 20.1 Å². The Hall–Kier alpha value is -2.18. The molecule has 4 N–H and O–H groups in total. The van der Waals surface area contributed by atoms with E-state index < -0.39 is 0 Å². The second-order valence-electron chi connectivity index (χ2n) is 2.35. The number of nitrogens with two attached hydrogens (primary N) is 2. The highest BCUT2D eigenvalue weighted by molar-refractivity contribution is 5.41. The zero-order valence-electron chi connectivity index (χ0n) is 6.62. The molecule has 2 rings (SSSR count). The van der Waals surface area contributed by atoms with E-state index in [1.54, 1.807) is 6.07 Å². The van der Waals surface area contributed by atoms with Crippen LogP contribution in [0.25, 0.3) is 5.82 Å². The molecule has 0 aromatic carbocycles. The van der Waals surface area contributed by atoms with Gasteiger partial charge < -0.3 is 11.5 Å². The molecule has 66 valence electrons. The summed E-state index contributed by atoms with van der Waals surface area (Å²) in [5.41, 5.74) is 10.9. The molecule has 0 saturated carbocycles.